The molecule has 3 aromatic rings. The van der Waals surface area contributed by atoms with Crippen molar-refractivity contribution in [2.24, 2.45) is 0 Å². The Morgan fingerprint density at radius 3 is 2.57 bits per heavy atom. The van der Waals surface area contributed by atoms with Crippen LogP contribution in [0.15, 0.2) is 59.1 Å². The summed E-state index contributed by atoms with van der Waals surface area (Å²) in [7, 11) is 1.72. The fourth-order valence-corrected chi connectivity index (χ4v) is 4.82. The van der Waals surface area contributed by atoms with Crippen LogP contribution in [0.4, 0.5) is 10.6 Å². The highest BCUT2D eigenvalue weighted by Crippen LogP contribution is 2.26. The van der Waals surface area contributed by atoms with E-state index in [4.69, 9.17) is 14.6 Å². The SMILES string of the molecule is CCCN1CCC(OC(=O)N(C)c2cc(C)n(Cc3cc(Br)ccc3OCc3ccccc3)n2)CC1.Cl. The van der Waals surface area contributed by atoms with Gasteiger partial charge in [0.25, 0.3) is 0 Å². The molecule has 0 saturated carbocycles. The Morgan fingerprint density at radius 2 is 1.86 bits per heavy atom. The van der Waals surface area contributed by atoms with Crippen molar-refractivity contribution in [3.05, 3.63) is 75.9 Å². The van der Waals surface area contributed by atoms with Crippen LogP contribution in [-0.4, -0.2) is 53.6 Å². The second kappa shape index (κ2) is 13.8. The van der Waals surface area contributed by atoms with Gasteiger partial charge >= 0.3 is 6.09 Å². The molecular weight excluding hydrogens is 556 g/mol. The molecular formula is C28H36BrClN4O3. The van der Waals surface area contributed by atoms with Gasteiger partial charge in [-0.15, -0.1) is 12.4 Å². The van der Waals surface area contributed by atoms with Crippen LogP contribution in [0, 0.1) is 6.92 Å². The van der Waals surface area contributed by atoms with Crippen LogP contribution in [0.1, 0.15) is 43.0 Å². The van der Waals surface area contributed by atoms with Crippen molar-refractivity contribution in [1.29, 1.82) is 0 Å². The minimum absolute atomic E-state index is 0. The van der Waals surface area contributed by atoms with Crippen molar-refractivity contribution in [3.63, 3.8) is 0 Å². The fraction of sp³-hybridized carbons (Fsp3) is 0.429. The van der Waals surface area contributed by atoms with E-state index in [1.54, 1.807) is 7.05 Å². The molecule has 0 N–H and O–H groups in total. The van der Waals surface area contributed by atoms with E-state index in [0.717, 1.165) is 65.9 Å². The first kappa shape index (κ1) is 29.0. The van der Waals surface area contributed by atoms with Crippen LogP contribution in [0.25, 0.3) is 0 Å². The topological polar surface area (TPSA) is 59.8 Å². The second-order valence-corrected chi connectivity index (χ2v) is 10.2. The Hall–Kier alpha value is -2.55. The number of carbonyl (C=O) groups excluding carboxylic acids is 1. The molecule has 9 heteroatoms. The summed E-state index contributed by atoms with van der Waals surface area (Å²) in [5.74, 6) is 1.38. The number of nitrogens with zero attached hydrogens (tertiary/aromatic N) is 4. The first-order valence-electron chi connectivity index (χ1n) is 12.6. The van der Waals surface area contributed by atoms with Gasteiger partial charge in [0.15, 0.2) is 5.82 Å². The number of hydrogen-bond donors (Lipinski definition) is 0. The number of benzene rings is 2. The highest BCUT2D eigenvalue weighted by molar-refractivity contribution is 9.10. The molecule has 1 aromatic heterocycles. The highest BCUT2D eigenvalue weighted by Gasteiger charge is 2.25. The lowest BCUT2D eigenvalue weighted by Gasteiger charge is -2.31. The summed E-state index contributed by atoms with van der Waals surface area (Å²) in [4.78, 5) is 16.8. The van der Waals surface area contributed by atoms with Crippen molar-refractivity contribution in [2.75, 3.05) is 31.6 Å². The van der Waals surface area contributed by atoms with Gasteiger partial charge in [-0.2, -0.15) is 5.10 Å². The van der Waals surface area contributed by atoms with Crippen LogP contribution in [0.3, 0.4) is 0 Å². The standard InChI is InChI=1S/C28H35BrN4O3.ClH/c1-4-14-32-15-12-25(13-16-32)36-28(34)31(3)27-17-21(2)33(30-27)19-23-18-24(29)10-11-26(23)35-20-22-8-6-5-7-9-22;/h5-11,17-18,25H,4,12-16,19-20H2,1-3H3;1H. The summed E-state index contributed by atoms with van der Waals surface area (Å²) in [5.41, 5.74) is 3.06. The molecule has 0 aliphatic carbocycles. The van der Waals surface area contributed by atoms with Gasteiger partial charge < -0.3 is 14.4 Å². The van der Waals surface area contributed by atoms with Gasteiger partial charge in [0.1, 0.15) is 18.5 Å². The summed E-state index contributed by atoms with van der Waals surface area (Å²) in [6.07, 6.45) is 2.50. The number of carbonyl (C=O) groups is 1. The number of aryl methyl sites for hydroxylation is 1. The number of ether oxygens (including phenoxy) is 2. The molecule has 0 spiro atoms. The number of aromatic nitrogens is 2. The number of hydrogen-bond acceptors (Lipinski definition) is 5. The van der Waals surface area contributed by atoms with Crippen LogP contribution >= 0.6 is 28.3 Å². The van der Waals surface area contributed by atoms with Gasteiger partial charge in [0.05, 0.1) is 6.54 Å². The predicted molar refractivity (Wildman–Crippen MR) is 153 cm³/mol. The van der Waals surface area contributed by atoms with E-state index in [1.807, 2.05) is 66.2 Å². The van der Waals surface area contributed by atoms with Crippen LogP contribution in [0.5, 0.6) is 5.75 Å². The first-order valence-corrected chi connectivity index (χ1v) is 13.4. The van der Waals surface area contributed by atoms with Crippen molar-refractivity contribution >= 4 is 40.2 Å². The summed E-state index contributed by atoms with van der Waals surface area (Å²) in [6, 6.07) is 18.0. The number of anilines is 1. The van der Waals surface area contributed by atoms with E-state index in [1.165, 1.54) is 4.90 Å². The molecule has 0 bridgehead atoms. The molecule has 1 aliphatic rings. The van der Waals surface area contributed by atoms with E-state index in [-0.39, 0.29) is 24.6 Å². The molecule has 1 aliphatic heterocycles. The summed E-state index contributed by atoms with van der Waals surface area (Å²) >= 11 is 3.57. The third-order valence-electron chi connectivity index (χ3n) is 6.51. The quantitative estimate of drug-likeness (QED) is 0.286. The third-order valence-corrected chi connectivity index (χ3v) is 7.00. The Morgan fingerprint density at radius 1 is 1.14 bits per heavy atom. The normalized spacial score (nSPS) is 14.2. The van der Waals surface area contributed by atoms with Crippen LogP contribution in [0.2, 0.25) is 0 Å². The van der Waals surface area contributed by atoms with Crippen molar-refractivity contribution in [2.45, 2.75) is 52.4 Å². The molecule has 37 heavy (non-hydrogen) atoms. The van der Waals surface area contributed by atoms with Crippen molar-refractivity contribution in [3.8, 4) is 5.75 Å². The lowest BCUT2D eigenvalue weighted by atomic mass is 10.1. The van der Waals surface area contributed by atoms with Gasteiger partial charge in [-0.3, -0.25) is 9.58 Å². The van der Waals surface area contributed by atoms with Gasteiger partial charge in [-0.25, -0.2) is 4.79 Å². The largest absolute Gasteiger partial charge is 0.489 e. The van der Waals surface area contributed by atoms with E-state index in [9.17, 15) is 4.79 Å². The zero-order valence-corrected chi connectivity index (χ0v) is 24.1. The average molecular weight is 592 g/mol. The molecule has 1 amide bonds. The maximum absolute atomic E-state index is 12.8. The molecule has 0 atom stereocenters. The molecule has 200 valence electrons. The average Bonchev–Trinajstić information content (AvgIpc) is 3.25. The number of halogens is 2. The monoisotopic (exact) mass is 590 g/mol. The molecule has 1 fully saturated rings. The molecule has 7 nitrogen and oxygen atoms in total. The number of piperidine rings is 1. The Balaban J connectivity index is 0.00000380. The molecule has 2 aromatic carbocycles. The Bertz CT molecular complexity index is 1150. The summed E-state index contributed by atoms with van der Waals surface area (Å²) in [6.45, 7) is 8.25. The molecule has 0 radical (unpaired) electrons. The smallest absolute Gasteiger partial charge is 0.415 e. The number of amides is 1. The molecule has 4 rings (SSSR count). The molecule has 2 heterocycles. The maximum atomic E-state index is 12.8. The van der Waals surface area contributed by atoms with Crippen molar-refractivity contribution < 1.29 is 14.3 Å². The van der Waals surface area contributed by atoms with Crippen LogP contribution in [-0.2, 0) is 17.9 Å². The first-order chi connectivity index (χ1) is 17.4. The van der Waals surface area contributed by atoms with Gasteiger partial charge in [0, 0.05) is 41.9 Å². The van der Waals surface area contributed by atoms with E-state index in [0.29, 0.717) is 19.0 Å². The van der Waals surface area contributed by atoms with Gasteiger partial charge in [-0.05, 0) is 56.5 Å². The van der Waals surface area contributed by atoms with Crippen LogP contribution < -0.4 is 9.64 Å². The number of likely N-dealkylation sites (tertiary alicyclic amines) is 1. The second-order valence-electron chi connectivity index (χ2n) is 9.31. The highest BCUT2D eigenvalue weighted by atomic mass is 79.9. The van der Waals surface area contributed by atoms with E-state index in [2.05, 4.69) is 27.8 Å². The zero-order chi connectivity index (χ0) is 25.5. The lowest BCUT2D eigenvalue weighted by Crippen LogP contribution is -2.40. The summed E-state index contributed by atoms with van der Waals surface area (Å²) < 4.78 is 14.8. The van der Waals surface area contributed by atoms with E-state index < -0.39 is 0 Å². The third kappa shape index (κ3) is 7.97. The number of rotatable bonds is 9. The van der Waals surface area contributed by atoms with Gasteiger partial charge in [-0.1, -0.05) is 53.2 Å². The lowest BCUT2D eigenvalue weighted by molar-refractivity contribution is 0.0555. The summed E-state index contributed by atoms with van der Waals surface area (Å²) in [5, 5.41) is 4.71. The van der Waals surface area contributed by atoms with E-state index >= 15 is 0 Å². The molecule has 1 saturated heterocycles. The Kier molecular flexibility index (Phi) is 10.9. The van der Waals surface area contributed by atoms with Gasteiger partial charge in [0.2, 0.25) is 0 Å². The minimum Gasteiger partial charge on any atom is -0.489 e. The Labute approximate surface area is 234 Å². The predicted octanol–water partition coefficient (Wildman–Crippen LogP) is 6.45. The maximum Gasteiger partial charge on any atom is 0.415 e. The fourth-order valence-electron chi connectivity index (χ4n) is 4.41. The molecule has 0 unspecified atom stereocenters. The van der Waals surface area contributed by atoms with Crippen molar-refractivity contribution in [1.82, 2.24) is 14.7 Å². The zero-order valence-electron chi connectivity index (χ0n) is 21.7. The minimum atomic E-state index is -0.358.